The van der Waals surface area contributed by atoms with Crippen LogP contribution in [0.5, 0.6) is 0 Å². The van der Waals surface area contributed by atoms with Crippen LogP contribution in [-0.2, 0) is 20.1 Å². The third kappa shape index (κ3) is 5.18. The van der Waals surface area contributed by atoms with Crippen LogP contribution in [0, 0.1) is 39.8 Å². The molecule has 4 heterocycles. The molecule has 0 N–H and O–H groups in total. The van der Waals surface area contributed by atoms with Gasteiger partial charge in [-0.25, -0.2) is 4.52 Å². The van der Waals surface area contributed by atoms with Crippen LogP contribution in [0.3, 0.4) is 0 Å². The van der Waals surface area contributed by atoms with Crippen LogP contribution >= 0.6 is 0 Å². The Hall–Kier alpha value is -4.18. The Labute approximate surface area is 248 Å². The van der Waals surface area contributed by atoms with E-state index in [1.54, 1.807) is 0 Å². The monoisotopic (exact) mass is 697 g/mol. The minimum absolute atomic E-state index is 0. The molecule has 4 nitrogen and oxygen atoms in total. The van der Waals surface area contributed by atoms with Gasteiger partial charge in [0.25, 0.3) is 0 Å². The van der Waals surface area contributed by atoms with Crippen LogP contribution in [-0.4, -0.2) is 19.6 Å². The number of fused-ring (bicyclic) bond motifs is 6. The van der Waals surface area contributed by atoms with E-state index in [1.165, 1.54) is 22.3 Å². The molecule has 0 unspecified atom stereocenters. The van der Waals surface area contributed by atoms with Crippen LogP contribution in [0.25, 0.3) is 49.8 Å². The molecule has 0 atom stereocenters. The second-order valence-corrected chi connectivity index (χ2v) is 9.89. The summed E-state index contributed by atoms with van der Waals surface area (Å²) in [6, 6.07) is 35.3. The summed E-state index contributed by atoms with van der Waals surface area (Å²) in [5.74, 6) is 0. The Morgan fingerprint density at radius 2 is 1.48 bits per heavy atom. The van der Waals surface area contributed by atoms with E-state index in [0.717, 1.165) is 49.8 Å². The Balaban J connectivity index is 0.000000168. The van der Waals surface area contributed by atoms with Crippen molar-refractivity contribution in [3.8, 4) is 22.5 Å². The molecule has 1 radical (unpaired) electrons. The summed E-state index contributed by atoms with van der Waals surface area (Å²) in [6.07, 6.45) is 3.74. The van der Waals surface area contributed by atoms with Crippen molar-refractivity contribution in [2.75, 3.05) is 0 Å². The molecule has 0 saturated heterocycles. The smallest absolute Gasteiger partial charge is 0.0925 e. The molecular formula is C35H28IrN4-2. The Bertz CT molecular complexity index is 1840. The molecule has 3 aromatic carbocycles. The van der Waals surface area contributed by atoms with Gasteiger partial charge in [0.05, 0.1) is 5.69 Å². The standard InChI is InChI=1S/C20H12N3.C15H16N.Ir/c1-2-7-14(8-3-1)17-13-19-15-9-4-5-10-16(15)20-18(23(19)22-17)11-6-12-21-20;1-10-5-6-14(7-11(10)2)15-8-12(3)13(4)9-16-15;/h1-9,11-13H;5,7-9H,1-4H3;/q2*-1;. The average molecular weight is 697 g/mol. The Morgan fingerprint density at radius 3 is 2.25 bits per heavy atom. The van der Waals surface area contributed by atoms with Crippen molar-refractivity contribution >= 4 is 27.3 Å². The number of benzene rings is 3. The zero-order chi connectivity index (χ0) is 26.9. The van der Waals surface area contributed by atoms with Gasteiger partial charge in [-0.1, -0.05) is 61.2 Å². The maximum absolute atomic E-state index is 4.82. The Morgan fingerprint density at radius 1 is 0.675 bits per heavy atom. The van der Waals surface area contributed by atoms with Gasteiger partial charge in [-0.2, -0.15) is 5.10 Å². The van der Waals surface area contributed by atoms with Crippen molar-refractivity contribution < 1.29 is 20.1 Å². The second-order valence-electron chi connectivity index (χ2n) is 9.89. The van der Waals surface area contributed by atoms with Gasteiger partial charge >= 0.3 is 0 Å². The fourth-order valence-electron chi connectivity index (χ4n) is 4.70. The van der Waals surface area contributed by atoms with E-state index in [0.29, 0.717) is 0 Å². The largest absolute Gasteiger partial charge is 0.304 e. The van der Waals surface area contributed by atoms with Gasteiger partial charge in [0, 0.05) is 54.6 Å². The SMILES string of the molecule is Cc1c[c-]c(-c2cc(C)c(C)cn2)cc1C.[Ir].[c-]1cccc2c1c1ncccc1n1nc(-c3ccccc3)cc21. The van der Waals surface area contributed by atoms with Gasteiger partial charge in [-0.15, -0.1) is 64.5 Å². The van der Waals surface area contributed by atoms with Gasteiger partial charge in [0.1, 0.15) is 0 Å². The van der Waals surface area contributed by atoms with Crippen molar-refractivity contribution in [2.45, 2.75) is 27.7 Å². The summed E-state index contributed by atoms with van der Waals surface area (Å²) in [7, 11) is 0. The van der Waals surface area contributed by atoms with E-state index < -0.39 is 0 Å². The van der Waals surface area contributed by atoms with Crippen molar-refractivity contribution in [3.05, 3.63) is 132 Å². The maximum atomic E-state index is 4.82. The normalized spacial score (nSPS) is 10.8. The number of aryl methyl sites for hydroxylation is 4. The van der Waals surface area contributed by atoms with E-state index >= 15 is 0 Å². The predicted molar refractivity (Wildman–Crippen MR) is 160 cm³/mol. The number of rotatable bonds is 2. The first kappa shape index (κ1) is 27.4. The number of hydrogen-bond acceptors (Lipinski definition) is 3. The molecule has 5 heteroatoms. The van der Waals surface area contributed by atoms with Gasteiger partial charge in [0.2, 0.25) is 0 Å². The molecule has 0 spiro atoms. The zero-order valence-electron chi connectivity index (χ0n) is 22.9. The Kier molecular flexibility index (Phi) is 7.88. The number of pyridine rings is 3. The van der Waals surface area contributed by atoms with Gasteiger partial charge in [0.15, 0.2) is 0 Å². The second kappa shape index (κ2) is 11.5. The number of hydrogen-bond donors (Lipinski definition) is 0. The van der Waals surface area contributed by atoms with E-state index in [-0.39, 0.29) is 20.1 Å². The molecule has 7 rings (SSSR count). The molecule has 0 bridgehead atoms. The summed E-state index contributed by atoms with van der Waals surface area (Å²) < 4.78 is 1.99. The van der Waals surface area contributed by atoms with Gasteiger partial charge in [-0.3, -0.25) is 0 Å². The third-order valence-electron chi connectivity index (χ3n) is 7.24. The van der Waals surface area contributed by atoms with E-state index in [2.05, 4.69) is 92.3 Å². The number of aromatic nitrogens is 4. The molecule has 0 aliphatic carbocycles. The van der Waals surface area contributed by atoms with Crippen molar-refractivity contribution in [1.29, 1.82) is 0 Å². The van der Waals surface area contributed by atoms with Crippen LogP contribution in [0.1, 0.15) is 22.3 Å². The van der Waals surface area contributed by atoms with Gasteiger partial charge in [-0.05, 0) is 43.3 Å². The first-order chi connectivity index (χ1) is 19.0. The first-order valence-electron chi connectivity index (χ1n) is 13.0. The molecule has 40 heavy (non-hydrogen) atoms. The van der Waals surface area contributed by atoms with E-state index in [1.807, 2.05) is 59.4 Å². The maximum Gasteiger partial charge on any atom is 0.0925 e. The molecule has 0 aliphatic rings. The van der Waals surface area contributed by atoms with Crippen LogP contribution in [0.4, 0.5) is 0 Å². The molecule has 0 saturated carbocycles. The summed E-state index contributed by atoms with van der Waals surface area (Å²) >= 11 is 0. The summed E-state index contributed by atoms with van der Waals surface area (Å²) in [4.78, 5) is 9.00. The minimum atomic E-state index is 0. The molecular weight excluding hydrogens is 669 g/mol. The van der Waals surface area contributed by atoms with Crippen molar-refractivity contribution in [3.63, 3.8) is 0 Å². The molecule has 0 aliphatic heterocycles. The van der Waals surface area contributed by atoms with E-state index in [4.69, 9.17) is 5.10 Å². The third-order valence-corrected chi connectivity index (χ3v) is 7.24. The van der Waals surface area contributed by atoms with E-state index in [9.17, 15) is 0 Å². The quantitative estimate of drug-likeness (QED) is 0.135. The molecule has 199 valence electrons. The van der Waals surface area contributed by atoms with Gasteiger partial charge < -0.3 is 9.97 Å². The molecule has 4 aromatic heterocycles. The van der Waals surface area contributed by atoms with Crippen LogP contribution in [0.2, 0.25) is 0 Å². The summed E-state index contributed by atoms with van der Waals surface area (Å²) in [5, 5.41) is 6.98. The fourth-order valence-corrected chi connectivity index (χ4v) is 4.70. The topological polar surface area (TPSA) is 43.1 Å². The molecule has 0 fully saturated rings. The van der Waals surface area contributed by atoms with Crippen molar-refractivity contribution in [2.24, 2.45) is 0 Å². The summed E-state index contributed by atoms with van der Waals surface area (Å²) in [5.41, 5.74) is 12.2. The molecule has 7 aromatic rings. The molecule has 0 amide bonds. The zero-order valence-corrected chi connectivity index (χ0v) is 25.3. The fraction of sp³-hybridized carbons (Fsp3) is 0.114. The predicted octanol–water partition coefficient (Wildman–Crippen LogP) is 8.28. The van der Waals surface area contributed by atoms with Crippen LogP contribution < -0.4 is 0 Å². The first-order valence-corrected chi connectivity index (χ1v) is 13.0. The minimum Gasteiger partial charge on any atom is -0.304 e. The van der Waals surface area contributed by atoms with Crippen LogP contribution in [0.15, 0.2) is 97.3 Å². The average Bonchev–Trinajstić information content (AvgIpc) is 3.43. The summed E-state index contributed by atoms with van der Waals surface area (Å²) in [6.45, 7) is 8.41. The van der Waals surface area contributed by atoms with Crippen molar-refractivity contribution in [1.82, 2.24) is 19.6 Å². The number of nitrogens with zero attached hydrogens (tertiary/aromatic N) is 4.